The summed E-state index contributed by atoms with van der Waals surface area (Å²) in [6, 6.07) is 8.05. The molecule has 0 amide bonds. The van der Waals surface area contributed by atoms with Crippen LogP contribution in [0.25, 0.3) is 0 Å². The zero-order valence-corrected chi connectivity index (χ0v) is 12.3. The van der Waals surface area contributed by atoms with Crippen molar-refractivity contribution in [3.63, 3.8) is 0 Å². The van der Waals surface area contributed by atoms with E-state index in [0.717, 1.165) is 0 Å². The SMILES string of the molecule is CNC(Cc1c(F)cccc1F)c1cccc(Br)c1F. The molecule has 2 aromatic rings. The fourth-order valence-electron chi connectivity index (χ4n) is 2.09. The van der Waals surface area contributed by atoms with Gasteiger partial charge < -0.3 is 5.32 Å². The first kappa shape index (κ1) is 15.1. The lowest BCUT2D eigenvalue weighted by atomic mass is 9.98. The van der Waals surface area contributed by atoms with E-state index in [1.54, 1.807) is 25.2 Å². The van der Waals surface area contributed by atoms with E-state index in [9.17, 15) is 13.2 Å². The van der Waals surface area contributed by atoms with Crippen LogP contribution in [0, 0.1) is 17.5 Å². The molecule has 0 saturated carbocycles. The summed E-state index contributed by atoms with van der Waals surface area (Å²) in [6.45, 7) is 0. The summed E-state index contributed by atoms with van der Waals surface area (Å²) >= 11 is 3.11. The number of hydrogen-bond donors (Lipinski definition) is 1. The van der Waals surface area contributed by atoms with Crippen molar-refractivity contribution in [2.45, 2.75) is 12.5 Å². The smallest absolute Gasteiger partial charge is 0.142 e. The first-order valence-corrected chi connectivity index (χ1v) is 6.88. The summed E-state index contributed by atoms with van der Waals surface area (Å²) in [6.07, 6.45) is 0.0301. The molecule has 1 unspecified atom stereocenters. The van der Waals surface area contributed by atoms with Crippen molar-refractivity contribution in [2.75, 3.05) is 7.05 Å². The molecule has 0 spiro atoms. The first-order valence-electron chi connectivity index (χ1n) is 6.08. The number of hydrogen-bond acceptors (Lipinski definition) is 1. The van der Waals surface area contributed by atoms with Crippen molar-refractivity contribution in [3.05, 3.63) is 69.4 Å². The van der Waals surface area contributed by atoms with E-state index in [2.05, 4.69) is 21.2 Å². The zero-order valence-electron chi connectivity index (χ0n) is 10.8. The maximum Gasteiger partial charge on any atom is 0.142 e. The maximum atomic E-state index is 14.1. The summed E-state index contributed by atoms with van der Waals surface area (Å²) in [7, 11) is 1.63. The Morgan fingerprint density at radius 2 is 1.65 bits per heavy atom. The van der Waals surface area contributed by atoms with Gasteiger partial charge in [0.1, 0.15) is 17.5 Å². The van der Waals surface area contributed by atoms with Gasteiger partial charge in [0.25, 0.3) is 0 Å². The van der Waals surface area contributed by atoms with Gasteiger partial charge >= 0.3 is 0 Å². The highest BCUT2D eigenvalue weighted by Gasteiger charge is 2.19. The fraction of sp³-hybridized carbons (Fsp3) is 0.200. The number of likely N-dealkylation sites (N-methyl/N-ethyl adjacent to an activating group) is 1. The van der Waals surface area contributed by atoms with Gasteiger partial charge in [0.2, 0.25) is 0 Å². The van der Waals surface area contributed by atoms with E-state index in [-0.39, 0.29) is 12.0 Å². The molecule has 1 nitrogen and oxygen atoms in total. The third kappa shape index (κ3) is 3.04. The van der Waals surface area contributed by atoms with E-state index in [0.29, 0.717) is 10.0 Å². The Hall–Kier alpha value is -1.33. The Morgan fingerprint density at radius 1 is 1.05 bits per heavy atom. The average Bonchev–Trinajstić information content (AvgIpc) is 2.42. The van der Waals surface area contributed by atoms with Gasteiger partial charge in [-0.25, -0.2) is 13.2 Å². The minimum atomic E-state index is -0.624. The monoisotopic (exact) mass is 343 g/mol. The van der Waals surface area contributed by atoms with Crippen molar-refractivity contribution in [1.82, 2.24) is 5.32 Å². The molecule has 0 aliphatic carbocycles. The van der Waals surface area contributed by atoms with Crippen LogP contribution in [0.4, 0.5) is 13.2 Å². The molecule has 106 valence electrons. The predicted octanol–water partition coefficient (Wildman–Crippen LogP) is 4.37. The Morgan fingerprint density at radius 3 is 2.25 bits per heavy atom. The summed E-state index contributed by atoms with van der Waals surface area (Å²) in [5, 5.41) is 2.90. The highest BCUT2D eigenvalue weighted by Crippen LogP contribution is 2.27. The Balaban J connectivity index is 2.37. The summed E-state index contributed by atoms with van der Waals surface area (Å²) in [4.78, 5) is 0. The quantitative estimate of drug-likeness (QED) is 0.869. The molecule has 2 rings (SSSR count). The second-order valence-electron chi connectivity index (χ2n) is 4.39. The van der Waals surface area contributed by atoms with Crippen LogP contribution in [0.5, 0.6) is 0 Å². The first-order chi connectivity index (χ1) is 9.54. The largest absolute Gasteiger partial charge is 0.313 e. The van der Waals surface area contributed by atoms with Gasteiger partial charge in [-0.2, -0.15) is 0 Å². The Bertz CT molecular complexity index is 596. The van der Waals surface area contributed by atoms with Crippen LogP contribution in [0.3, 0.4) is 0 Å². The van der Waals surface area contributed by atoms with Crippen molar-refractivity contribution in [2.24, 2.45) is 0 Å². The van der Waals surface area contributed by atoms with Gasteiger partial charge in [0.05, 0.1) is 4.47 Å². The molecule has 1 atom stereocenters. The molecule has 2 aromatic carbocycles. The zero-order chi connectivity index (χ0) is 14.7. The second-order valence-corrected chi connectivity index (χ2v) is 5.24. The molecule has 20 heavy (non-hydrogen) atoms. The van der Waals surface area contributed by atoms with Crippen LogP contribution < -0.4 is 5.32 Å². The molecule has 5 heteroatoms. The van der Waals surface area contributed by atoms with Crippen molar-refractivity contribution >= 4 is 15.9 Å². The van der Waals surface area contributed by atoms with Crippen LogP contribution in [0.2, 0.25) is 0 Å². The highest BCUT2D eigenvalue weighted by molar-refractivity contribution is 9.10. The Labute approximate surface area is 123 Å². The number of rotatable bonds is 4. The minimum Gasteiger partial charge on any atom is -0.313 e. The molecule has 0 aliphatic heterocycles. The average molecular weight is 344 g/mol. The molecule has 0 fully saturated rings. The van der Waals surface area contributed by atoms with Gasteiger partial charge in [0.15, 0.2) is 0 Å². The summed E-state index contributed by atoms with van der Waals surface area (Å²) < 4.78 is 41.7. The summed E-state index contributed by atoms with van der Waals surface area (Å²) in [5.74, 6) is -1.68. The van der Waals surface area contributed by atoms with E-state index in [1.165, 1.54) is 18.2 Å². The number of nitrogens with one attached hydrogen (secondary N) is 1. The minimum absolute atomic E-state index is 0.0301. The van der Waals surface area contributed by atoms with Crippen LogP contribution in [-0.4, -0.2) is 7.05 Å². The lowest BCUT2D eigenvalue weighted by Crippen LogP contribution is -2.21. The van der Waals surface area contributed by atoms with Gasteiger partial charge in [-0.3, -0.25) is 0 Å². The van der Waals surface area contributed by atoms with Gasteiger partial charge in [-0.1, -0.05) is 18.2 Å². The van der Waals surface area contributed by atoms with Crippen LogP contribution in [0.1, 0.15) is 17.2 Å². The molecular formula is C15H13BrF3N. The lowest BCUT2D eigenvalue weighted by Gasteiger charge is -2.18. The molecule has 0 aliphatic rings. The van der Waals surface area contributed by atoms with Crippen LogP contribution in [0.15, 0.2) is 40.9 Å². The van der Waals surface area contributed by atoms with Crippen molar-refractivity contribution < 1.29 is 13.2 Å². The van der Waals surface area contributed by atoms with Crippen LogP contribution in [-0.2, 0) is 6.42 Å². The molecule has 0 bridgehead atoms. The number of halogens is 4. The third-order valence-corrected chi connectivity index (χ3v) is 3.79. The molecule has 0 heterocycles. The van der Waals surface area contributed by atoms with Gasteiger partial charge in [0, 0.05) is 17.2 Å². The molecular weight excluding hydrogens is 331 g/mol. The maximum absolute atomic E-state index is 14.1. The topological polar surface area (TPSA) is 12.0 Å². The Kier molecular flexibility index (Phi) is 4.83. The molecule has 0 aromatic heterocycles. The second kappa shape index (κ2) is 6.41. The predicted molar refractivity (Wildman–Crippen MR) is 76.0 cm³/mol. The molecule has 0 saturated heterocycles. The van der Waals surface area contributed by atoms with E-state index in [4.69, 9.17) is 0 Å². The fourth-order valence-corrected chi connectivity index (χ4v) is 2.47. The molecule has 0 radical (unpaired) electrons. The van der Waals surface area contributed by atoms with Crippen molar-refractivity contribution in [3.8, 4) is 0 Å². The van der Waals surface area contributed by atoms with E-state index >= 15 is 0 Å². The van der Waals surface area contributed by atoms with Gasteiger partial charge in [-0.15, -0.1) is 0 Å². The van der Waals surface area contributed by atoms with Crippen LogP contribution >= 0.6 is 15.9 Å². The van der Waals surface area contributed by atoms with E-state index in [1.807, 2.05) is 0 Å². The van der Waals surface area contributed by atoms with Gasteiger partial charge in [-0.05, 0) is 47.6 Å². The highest BCUT2D eigenvalue weighted by atomic mass is 79.9. The number of benzene rings is 2. The standard InChI is InChI=1S/C15H13BrF3N/c1-20-14(9-4-2-5-11(16)15(9)19)8-10-12(17)6-3-7-13(10)18/h2-7,14,20H,8H2,1H3. The lowest BCUT2D eigenvalue weighted by molar-refractivity contribution is 0.495. The third-order valence-electron chi connectivity index (χ3n) is 3.18. The van der Waals surface area contributed by atoms with Crippen molar-refractivity contribution in [1.29, 1.82) is 0 Å². The normalized spacial score (nSPS) is 12.4. The molecule has 1 N–H and O–H groups in total. The summed E-state index contributed by atoms with van der Waals surface area (Å²) in [5.41, 5.74) is 0.316. The van der Waals surface area contributed by atoms with E-state index < -0.39 is 23.5 Å².